The number of pyridine rings is 1. The summed E-state index contributed by atoms with van der Waals surface area (Å²) in [5, 5.41) is 6.27. The minimum absolute atomic E-state index is 0.293. The highest BCUT2D eigenvalue weighted by Gasteiger charge is 2.16. The third kappa shape index (κ3) is 5.56. The van der Waals surface area contributed by atoms with E-state index in [1.165, 1.54) is 0 Å². The zero-order valence-electron chi connectivity index (χ0n) is 15.8. The average molecular weight is 410 g/mol. The Morgan fingerprint density at radius 1 is 1.00 bits per heavy atom. The van der Waals surface area contributed by atoms with Gasteiger partial charge < -0.3 is 15.4 Å². The SMILES string of the molecule is Cc1cccc(C(=O)NCCOc2ccc(Cl)cc2)c1NC(=O)c1ccncc1. The van der Waals surface area contributed by atoms with Gasteiger partial charge in [0.1, 0.15) is 12.4 Å². The molecular weight excluding hydrogens is 390 g/mol. The Morgan fingerprint density at radius 3 is 2.45 bits per heavy atom. The molecule has 3 rings (SSSR count). The normalized spacial score (nSPS) is 10.3. The van der Waals surface area contributed by atoms with E-state index in [4.69, 9.17) is 16.3 Å². The topological polar surface area (TPSA) is 80.3 Å². The van der Waals surface area contributed by atoms with Gasteiger partial charge in [-0.3, -0.25) is 14.6 Å². The molecule has 0 aliphatic heterocycles. The molecule has 6 nitrogen and oxygen atoms in total. The number of ether oxygens (including phenoxy) is 1. The van der Waals surface area contributed by atoms with E-state index in [9.17, 15) is 9.59 Å². The number of carbonyl (C=O) groups excluding carboxylic acids is 2. The van der Waals surface area contributed by atoms with Crippen LogP contribution < -0.4 is 15.4 Å². The van der Waals surface area contributed by atoms with Gasteiger partial charge >= 0.3 is 0 Å². The largest absolute Gasteiger partial charge is 0.492 e. The van der Waals surface area contributed by atoms with Crippen LogP contribution >= 0.6 is 11.6 Å². The summed E-state index contributed by atoms with van der Waals surface area (Å²) < 4.78 is 5.57. The number of hydrogen-bond donors (Lipinski definition) is 2. The van der Waals surface area contributed by atoms with Gasteiger partial charge in [-0.1, -0.05) is 23.7 Å². The summed E-state index contributed by atoms with van der Waals surface area (Å²) >= 11 is 5.84. The molecule has 0 saturated carbocycles. The first-order chi connectivity index (χ1) is 14.0. The van der Waals surface area contributed by atoms with Gasteiger partial charge in [-0.05, 0) is 55.0 Å². The van der Waals surface area contributed by atoms with Crippen LogP contribution in [0.2, 0.25) is 5.02 Å². The first-order valence-electron chi connectivity index (χ1n) is 9.02. The molecule has 0 aliphatic carbocycles. The highest BCUT2D eigenvalue weighted by molar-refractivity contribution is 6.30. The molecule has 3 aromatic rings. The molecule has 0 spiro atoms. The summed E-state index contributed by atoms with van der Waals surface area (Å²) in [5.41, 5.74) is 2.12. The second kappa shape index (κ2) is 9.71. The standard InChI is InChI=1S/C22H20ClN3O3/c1-15-3-2-4-19(20(15)26-21(27)16-9-11-24-12-10-16)22(28)25-13-14-29-18-7-5-17(23)6-8-18/h2-12H,13-14H2,1H3,(H,25,28)(H,26,27). The van der Waals surface area contributed by atoms with Gasteiger partial charge in [-0.15, -0.1) is 0 Å². The van der Waals surface area contributed by atoms with Gasteiger partial charge in [0.2, 0.25) is 0 Å². The third-order valence-corrected chi connectivity index (χ3v) is 4.42. The van der Waals surface area contributed by atoms with Gasteiger partial charge in [-0.25, -0.2) is 0 Å². The fourth-order valence-corrected chi connectivity index (χ4v) is 2.80. The smallest absolute Gasteiger partial charge is 0.255 e. The minimum Gasteiger partial charge on any atom is -0.492 e. The summed E-state index contributed by atoms with van der Waals surface area (Å²) in [6.45, 7) is 2.45. The van der Waals surface area contributed by atoms with Crippen LogP contribution in [-0.2, 0) is 0 Å². The molecule has 0 atom stereocenters. The molecule has 0 aliphatic rings. The Bertz CT molecular complexity index is 992. The van der Waals surface area contributed by atoms with E-state index in [0.29, 0.717) is 40.7 Å². The first-order valence-corrected chi connectivity index (χ1v) is 9.40. The highest BCUT2D eigenvalue weighted by Crippen LogP contribution is 2.21. The molecule has 29 heavy (non-hydrogen) atoms. The summed E-state index contributed by atoms with van der Waals surface area (Å²) in [6.07, 6.45) is 3.09. The van der Waals surface area contributed by atoms with Crippen LogP contribution in [0.4, 0.5) is 5.69 Å². The lowest BCUT2D eigenvalue weighted by Crippen LogP contribution is -2.29. The van der Waals surface area contributed by atoms with Crippen molar-refractivity contribution in [2.45, 2.75) is 6.92 Å². The lowest BCUT2D eigenvalue weighted by Gasteiger charge is -2.14. The highest BCUT2D eigenvalue weighted by atomic mass is 35.5. The van der Waals surface area contributed by atoms with Gasteiger partial charge in [0.15, 0.2) is 0 Å². The maximum atomic E-state index is 12.6. The number of benzene rings is 2. The zero-order chi connectivity index (χ0) is 20.6. The lowest BCUT2D eigenvalue weighted by atomic mass is 10.1. The Morgan fingerprint density at radius 2 is 1.72 bits per heavy atom. The van der Waals surface area contributed by atoms with Crippen LogP contribution in [0.15, 0.2) is 67.0 Å². The molecule has 1 aromatic heterocycles. The van der Waals surface area contributed by atoms with E-state index in [0.717, 1.165) is 5.56 Å². The Kier molecular flexibility index (Phi) is 6.81. The van der Waals surface area contributed by atoms with Crippen LogP contribution in [0.25, 0.3) is 0 Å². The second-order valence-electron chi connectivity index (χ2n) is 6.25. The molecule has 1 heterocycles. The molecule has 7 heteroatoms. The summed E-state index contributed by atoms with van der Waals surface area (Å²) in [5.74, 6) is 0.0739. The number of hydrogen-bond acceptors (Lipinski definition) is 4. The van der Waals surface area contributed by atoms with Crippen molar-refractivity contribution in [2.75, 3.05) is 18.5 Å². The number of nitrogens with one attached hydrogen (secondary N) is 2. The van der Waals surface area contributed by atoms with Crippen LogP contribution in [-0.4, -0.2) is 29.9 Å². The fraction of sp³-hybridized carbons (Fsp3) is 0.136. The maximum absolute atomic E-state index is 12.6. The number of nitrogens with zero attached hydrogens (tertiary/aromatic N) is 1. The lowest BCUT2D eigenvalue weighted by molar-refractivity contribution is 0.0948. The van der Waals surface area contributed by atoms with E-state index < -0.39 is 0 Å². The van der Waals surface area contributed by atoms with Crippen molar-refractivity contribution < 1.29 is 14.3 Å². The fourth-order valence-electron chi connectivity index (χ4n) is 2.67. The molecule has 0 unspecified atom stereocenters. The number of amides is 2. The number of aromatic nitrogens is 1. The summed E-state index contributed by atoms with van der Waals surface area (Å²) in [7, 11) is 0. The number of aryl methyl sites for hydroxylation is 1. The Labute approximate surface area is 173 Å². The summed E-state index contributed by atoms with van der Waals surface area (Å²) in [6, 6.07) is 15.5. The van der Waals surface area contributed by atoms with Gasteiger partial charge in [0, 0.05) is 23.0 Å². The Hall–Kier alpha value is -3.38. The molecule has 148 valence electrons. The molecule has 2 aromatic carbocycles. The van der Waals surface area contributed by atoms with Gasteiger partial charge in [0.05, 0.1) is 17.8 Å². The number of para-hydroxylation sites is 1. The van der Waals surface area contributed by atoms with Crippen molar-refractivity contribution in [2.24, 2.45) is 0 Å². The number of halogens is 1. The molecule has 2 amide bonds. The van der Waals surface area contributed by atoms with Crippen LogP contribution in [0.3, 0.4) is 0 Å². The van der Waals surface area contributed by atoms with Crippen molar-refractivity contribution in [1.82, 2.24) is 10.3 Å². The van der Waals surface area contributed by atoms with Crippen LogP contribution in [0.5, 0.6) is 5.75 Å². The van der Waals surface area contributed by atoms with E-state index in [2.05, 4.69) is 15.6 Å². The van der Waals surface area contributed by atoms with E-state index in [-0.39, 0.29) is 11.8 Å². The second-order valence-corrected chi connectivity index (χ2v) is 6.68. The maximum Gasteiger partial charge on any atom is 0.255 e. The molecule has 0 fully saturated rings. The number of anilines is 1. The first kappa shape index (κ1) is 20.4. The molecule has 0 radical (unpaired) electrons. The van der Waals surface area contributed by atoms with Gasteiger partial charge in [-0.2, -0.15) is 0 Å². The monoisotopic (exact) mass is 409 g/mol. The number of carbonyl (C=O) groups is 2. The predicted molar refractivity (Wildman–Crippen MR) is 113 cm³/mol. The molecule has 2 N–H and O–H groups in total. The van der Waals surface area contributed by atoms with Crippen LogP contribution in [0.1, 0.15) is 26.3 Å². The molecule has 0 bridgehead atoms. The van der Waals surface area contributed by atoms with Crippen molar-refractivity contribution >= 4 is 29.1 Å². The summed E-state index contributed by atoms with van der Waals surface area (Å²) in [4.78, 5) is 29.0. The van der Waals surface area contributed by atoms with E-state index >= 15 is 0 Å². The number of rotatable bonds is 7. The zero-order valence-corrected chi connectivity index (χ0v) is 16.6. The van der Waals surface area contributed by atoms with Crippen molar-refractivity contribution in [3.63, 3.8) is 0 Å². The van der Waals surface area contributed by atoms with E-state index in [1.54, 1.807) is 60.9 Å². The minimum atomic E-state index is -0.304. The van der Waals surface area contributed by atoms with Gasteiger partial charge in [0.25, 0.3) is 11.8 Å². The quantitative estimate of drug-likeness (QED) is 0.575. The molecule has 0 saturated heterocycles. The van der Waals surface area contributed by atoms with Crippen LogP contribution in [0, 0.1) is 6.92 Å². The Balaban J connectivity index is 1.62. The van der Waals surface area contributed by atoms with E-state index in [1.807, 2.05) is 13.0 Å². The molecular formula is C22H20ClN3O3. The third-order valence-electron chi connectivity index (χ3n) is 4.17. The average Bonchev–Trinajstić information content (AvgIpc) is 2.74. The predicted octanol–water partition coefficient (Wildman–Crippen LogP) is 4.10. The van der Waals surface area contributed by atoms with Crippen molar-refractivity contribution in [3.05, 3.63) is 88.7 Å². The van der Waals surface area contributed by atoms with Crippen molar-refractivity contribution in [3.8, 4) is 5.75 Å². The van der Waals surface area contributed by atoms with Crippen molar-refractivity contribution in [1.29, 1.82) is 0 Å².